The summed E-state index contributed by atoms with van der Waals surface area (Å²) in [6, 6.07) is 2.20. The molecule has 0 heterocycles. The highest BCUT2D eigenvalue weighted by molar-refractivity contribution is 5.96. The number of methoxy groups -OCH3 is 1. The van der Waals surface area contributed by atoms with Gasteiger partial charge in [-0.05, 0) is 6.07 Å². The molecule has 0 radical (unpaired) electrons. The summed E-state index contributed by atoms with van der Waals surface area (Å²) in [5.74, 6) is -1.26. The lowest BCUT2D eigenvalue weighted by Crippen LogP contribution is -2.06. The number of carboxylic acids is 1. The van der Waals surface area contributed by atoms with Crippen LogP contribution in [-0.2, 0) is 0 Å². The minimum Gasteiger partial charge on any atom is -0.496 e. The van der Waals surface area contributed by atoms with Crippen LogP contribution in [0.1, 0.15) is 10.4 Å². The molecular weight excluding hydrogens is 204 g/mol. The molecule has 3 N–H and O–H groups in total. The molecule has 0 spiro atoms. The second kappa shape index (κ2) is 3.82. The van der Waals surface area contributed by atoms with E-state index in [2.05, 4.69) is 0 Å². The molecule has 80 valence electrons. The molecule has 0 saturated carbocycles. The Hall–Kier alpha value is -2.31. The van der Waals surface area contributed by atoms with E-state index in [0.29, 0.717) is 0 Å². The molecule has 0 aliphatic heterocycles. The van der Waals surface area contributed by atoms with Crippen LogP contribution in [0.3, 0.4) is 0 Å². The van der Waals surface area contributed by atoms with E-state index in [1.165, 1.54) is 7.11 Å². The molecule has 15 heavy (non-hydrogen) atoms. The predicted molar refractivity (Wildman–Crippen MR) is 51.0 cm³/mol. The number of nitrogens with two attached hydrogens (primary N) is 1. The lowest BCUT2D eigenvalue weighted by atomic mass is 10.1. The van der Waals surface area contributed by atoms with E-state index in [0.717, 1.165) is 12.1 Å². The first kappa shape index (κ1) is 10.8. The monoisotopic (exact) mass is 212 g/mol. The molecule has 0 saturated heterocycles. The van der Waals surface area contributed by atoms with Crippen LogP contribution in [0.5, 0.6) is 5.75 Å². The van der Waals surface area contributed by atoms with Gasteiger partial charge in [-0.25, -0.2) is 4.79 Å². The minimum absolute atomic E-state index is 0.0771. The van der Waals surface area contributed by atoms with E-state index in [1.54, 1.807) is 0 Å². The van der Waals surface area contributed by atoms with Crippen LogP contribution in [0.2, 0.25) is 0 Å². The molecule has 1 aromatic carbocycles. The second-order valence-corrected chi connectivity index (χ2v) is 2.67. The summed E-state index contributed by atoms with van der Waals surface area (Å²) in [6.07, 6.45) is 0. The summed E-state index contributed by atoms with van der Waals surface area (Å²) in [4.78, 5) is 20.5. The van der Waals surface area contributed by atoms with Gasteiger partial charge in [-0.3, -0.25) is 10.1 Å². The summed E-state index contributed by atoms with van der Waals surface area (Å²) >= 11 is 0. The lowest BCUT2D eigenvalue weighted by molar-refractivity contribution is -0.384. The molecule has 0 fully saturated rings. The average molecular weight is 212 g/mol. The van der Waals surface area contributed by atoms with Crippen molar-refractivity contribution in [3.05, 3.63) is 27.8 Å². The molecule has 7 heteroatoms. The predicted octanol–water partition coefficient (Wildman–Crippen LogP) is 0.884. The van der Waals surface area contributed by atoms with Crippen molar-refractivity contribution < 1.29 is 19.6 Å². The lowest BCUT2D eigenvalue weighted by Gasteiger charge is -2.05. The van der Waals surface area contributed by atoms with Gasteiger partial charge in [-0.2, -0.15) is 0 Å². The van der Waals surface area contributed by atoms with E-state index < -0.39 is 16.6 Å². The van der Waals surface area contributed by atoms with Gasteiger partial charge >= 0.3 is 5.97 Å². The maximum atomic E-state index is 10.7. The minimum atomic E-state index is -1.34. The zero-order chi connectivity index (χ0) is 11.6. The number of benzene rings is 1. The molecule has 0 aromatic heterocycles. The van der Waals surface area contributed by atoms with E-state index >= 15 is 0 Å². The number of rotatable bonds is 3. The fourth-order valence-electron chi connectivity index (χ4n) is 1.06. The van der Waals surface area contributed by atoms with Crippen LogP contribution in [0.15, 0.2) is 12.1 Å². The van der Waals surface area contributed by atoms with Crippen LogP contribution in [-0.4, -0.2) is 23.1 Å². The van der Waals surface area contributed by atoms with Gasteiger partial charge in [-0.1, -0.05) is 0 Å². The Labute approximate surface area is 84.2 Å². The number of hydrogen-bond acceptors (Lipinski definition) is 5. The van der Waals surface area contributed by atoms with Crippen molar-refractivity contribution in [1.82, 2.24) is 0 Å². The molecule has 1 rings (SSSR count). The Morgan fingerprint density at radius 1 is 1.60 bits per heavy atom. The number of nitro groups is 1. The summed E-state index contributed by atoms with van der Waals surface area (Å²) < 4.78 is 4.73. The molecule has 0 aliphatic carbocycles. The Balaban J connectivity index is 3.47. The molecule has 0 unspecified atom stereocenters. The van der Waals surface area contributed by atoms with Gasteiger partial charge in [-0.15, -0.1) is 0 Å². The molecular formula is C8H8N2O5. The third-order valence-corrected chi connectivity index (χ3v) is 1.79. The number of aromatic carboxylic acids is 1. The standard InChI is InChI=1S/C8H8N2O5/c1-15-4-2-5(8(11)12)7(9)6(3-4)10(13)14/h2-3H,9H2,1H3,(H,11,12). The van der Waals surface area contributed by atoms with Gasteiger partial charge in [0.2, 0.25) is 0 Å². The maximum absolute atomic E-state index is 10.7. The highest BCUT2D eigenvalue weighted by atomic mass is 16.6. The van der Waals surface area contributed by atoms with Crippen molar-refractivity contribution >= 4 is 17.3 Å². The van der Waals surface area contributed by atoms with Gasteiger partial charge in [0.25, 0.3) is 5.69 Å². The molecule has 1 aromatic rings. The Kier molecular flexibility index (Phi) is 2.75. The molecule has 7 nitrogen and oxygen atoms in total. The highest BCUT2D eigenvalue weighted by Gasteiger charge is 2.21. The second-order valence-electron chi connectivity index (χ2n) is 2.67. The van der Waals surface area contributed by atoms with Gasteiger partial charge in [0, 0.05) is 0 Å². The van der Waals surface area contributed by atoms with Crippen molar-refractivity contribution in [1.29, 1.82) is 0 Å². The Bertz CT molecular complexity index is 394. The average Bonchev–Trinajstić information content (AvgIpc) is 2.17. The highest BCUT2D eigenvalue weighted by Crippen LogP contribution is 2.30. The van der Waals surface area contributed by atoms with Crippen molar-refractivity contribution in [2.45, 2.75) is 0 Å². The number of anilines is 1. The molecule has 0 bridgehead atoms. The van der Waals surface area contributed by atoms with Crippen LogP contribution in [0.4, 0.5) is 11.4 Å². The number of carbonyl (C=O) groups is 1. The smallest absolute Gasteiger partial charge is 0.338 e. The number of nitro benzene ring substituents is 1. The molecule has 0 amide bonds. The van der Waals surface area contributed by atoms with E-state index in [1.807, 2.05) is 0 Å². The first-order chi connectivity index (χ1) is 6.97. The van der Waals surface area contributed by atoms with Gasteiger partial charge in [0.15, 0.2) is 0 Å². The Morgan fingerprint density at radius 3 is 2.60 bits per heavy atom. The van der Waals surface area contributed by atoms with Crippen LogP contribution in [0, 0.1) is 10.1 Å². The summed E-state index contributed by atoms with van der Waals surface area (Å²) in [7, 11) is 1.28. The molecule has 0 atom stereocenters. The van der Waals surface area contributed by atoms with Crippen molar-refractivity contribution in [2.24, 2.45) is 0 Å². The first-order valence-electron chi connectivity index (χ1n) is 3.82. The summed E-state index contributed by atoms with van der Waals surface area (Å²) in [5, 5.41) is 19.3. The topological polar surface area (TPSA) is 116 Å². The van der Waals surface area contributed by atoms with Crippen LogP contribution >= 0.6 is 0 Å². The fourth-order valence-corrected chi connectivity index (χ4v) is 1.06. The number of nitrogen functional groups attached to an aromatic ring is 1. The van der Waals surface area contributed by atoms with Crippen LogP contribution in [0.25, 0.3) is 0 Å². The zero-order valence-corrected chi connectivity index (χ0v) is 7.76. The third-order valence-electron chi connectivity index (χ3n) is 1.79. The van der Waals surface area contributed by atoms with Crippen LogP contribution < -0.4 is 10.5 Å². The maximum Gasteiger partial charge on any atom is 0.338 e. The first-order valence-corrected chi connectivity index (χ1v) is 3.82. The van der Waals surface area contributed by atoms with Gasteiger partial charge < -0.3 is 15.6 Å². The van der Waals surface area contributed by atoms with Crippen molar-refractivity contribution in [3.63, 3.8) is 0 Å². The normalized spacial score (nSPS) is 9.67. The van der Waals surface area contributed by atoms with Gasteiger partial charge in [0.1, 0.15) is 11.4 Å². The quantitative estimate of drug-likeness (QED) is 0.436. The van der Waals surface area contributed by atoms with E-state index in [9.17, 15) is 14.9 Å². The number of ether oxygens (including phenoxy) is 1. The Morgan fingerprint density at radius 2 is 2.20 bits per heavy atom. The molecule has 0 aliphatic rings. The number of hydrogen-bond donors (Lipinski definition) is 2. The number of carboxylic acid groups (broad SMARTS) is 1. The summed E-state index contributed by atoms with van der Waals surface area (Å²) in [6.45, 7) is 0. The fraction of sp³-hybridized carbons (Fsp3) is 0.125. The van der Waals surface area contributed by atoms with Crippen molar-refractivity contribution in [2.75, 3.05) is 12.8 Å². The van der Waals surface area contributed by atoms with Crippen molar-refractivity contribution in [3.8, 4) is 5.75 Å². The third kappa shape index (κ3) is 1.96. The van der Waals surface area contributed by atoms with E-state index in [-0.39, 0.29) is 17.0 Å². The SMILES string of the molecule is COc1cc(C(=O)O)c(N)c([N+](=O)[O-])c1. The number of nitrogens with zero attached hydrogens (tertiary/aromatic N) is 1. The largest absolute Gasteiger partial charge is 0.496 e. The summed E-state index contributed by atoms with van der Waals surface area (Å²) in [5.41, 5.74) is 4.12. The van der Waals surface area contributed by atoms with Gasteiger partial charge in [0.05, 0.1) is 23.7 Å². The van der Waals surface area contributed by atoms with E-state index in [4.69, 9.17) is 15.6 Å². The zero-order valence-electron chi connectivity index (χ0n) is 7.76.